The molecular formula is C9H13NO2. The van der Waals surface area contributed by atoms with Crippen molar-refractivity contribution in [2.75, 3.05) is 13.7 Å². The number of nitrogens with zero attached hydrogens (tertiary/aromatic N) is 1. The molecular weight excluding hydrogens is 154 g/mol. The van der Waals surface area contributed by atoms with Gasteiger partial charge in [0.25, 0.3) is 0 Å². The Balaban J connectivity index is 2.79. The molecule has 0 aliphatic rings. The highest BCUT2D eigenvalue weighted by molar-refractivity contribution is 5.23. The zero-order valence-corrected chi connectivity index (χ0v) is 7.32. The number of ether oxygens (including phenoxy) is 1. The number of hydrogen-bond donors (Lipinski definition) is 1. The van der Waals surface area contributed by atoms with Gasteiger partial charge in [-0.25, -0.2) is 0 Å². The third-order valence-corrected chi connectivity index (χ3v) is 1.75. The third kappa shape index (κ3) is 2.03. The molecule has 0 fully saturated rings. The molecule has 3 nitrogen and oxygen atoms in total. The molecule has 0 saturated heterocycles. The van der Waals surface area contributed by atoms with Crippen LogP contribution in [0.5, 0.6) is 0 Å². The van der Waals surface area contributed by atoms with Crippen molar-refractivity contribution in [2.24, 2.45) is 0 Å². The molecule has 12 heavy (non-hydrogen) atoms. The van der Waals surface area contributed by atoms with E-state index in [2.05, 4.69) is 4.98 Å². The highest BCUT2D eigenvalue weighted by Crippen LogP contribution is 2.15. The zero-order valence-electron chi connectivity index (χ0n) is 7.32. The van der Waals surface area contributed by atoms with Gasteiger partial charge in [0.15, 0.2) is 0 Å². The topological polar surface area (TPSA) is 42.4 Å². The van der Waals surface area contributed by atoms with Crippen molar-refractivity contribution in [3.8, 4) is 0 Å². The van der Waals surface area contributed by atoms with Crippen molar-refractivity contribution >= 4 is 0 Å². The lowest BCUT2D eigenvalue weighted by molar-refractivity contribution is 0.0639. The summed E-state index contributed by atoms with van der Waals surface area (Å²) in [6, 6.07) is 1.80. The monoisotopic (exact) mass is 167 g/mol. The van der Waals surface area contributed by atoms with E-state index < -0.39 is 6.10 Å². The highest BCUT2D eigenvalue weighted by atomic mass is 16.5. The summed E-state index contributed by atoms with van der Waals surface area (Å²) in [6.07, 6.45) is 2.85. The van der Waals surface area contributed by atoms with Gasteiger partial charge in [-0.1, -0.05) is 0 Å². The van der Waals surface area contributed by atoms with Gasteiger partial charge in [0, 0.05) is 19.5 Å². The Morgan fingerprint density at radius 2 is 2.42 bits per heavy atom. The summed E-state index contributed by atoms with van der Waals surface area (Å²) >= 11 is 0. The second-order valence-corrected chi connectivity index (χ2v) is 2.70. The molecule has 66 valence electrons. The van der Waals surface area contributed by atoms with Crippen LogP contribution in [0.4, 0.5) is 0 Å². The number of aryl methyl sites for hydroxylation is 1. The minimum atomic E-state index is -0.544. The van der Waals surface area contributed by atoms with Crippen LogP contribution in [-0.2, 0) is 4.74 Å². The van der Waals surface area contributed by atoms with Gasteiger partial charge in [0.1, 0.15) is 6.10 Å². The lowest BCUT2D eigenvalue weighted by atomic mass is 10.1. The number of pyridine rings is 1. The summed E-state index contributed by atoms with van der Waals surface area (Å²) in [5.41, 5.74) is 1.87. The second kappa shape index (κ2) is 4.18. The van der Waals surface area contributed by atoms with Crippen molar-refractivity contribution < 1.29 is 9.84 Å². The lowest BCUT2D eigenvalue weighted by Gasteiger charge is -2.11. The highest BCUT2D eigenvalue weighted by Gasteiger charge is 2.08. The molecule has 1 aromatic rings. The maximum absolute atomic E-state index is 9.55. The largest absolute Gasteiger partial charge is 0.386 e. The van der Waals surface area contributed by atoms with E-state index in [0.717, 1.165) is 11.1 Å². The minimum Gasteiger partial charge on any atom is -0.386 e. The fraction of sp³-hybridized carbons (Fsp3) is 0.444. The maximum atomic E-state index is 9.55. The molecule has 0 aromatic carbocycles. The summed E-state index contributed by atoms with van der Waals surface area (Å²) in [5.74, 6) is 0. The Hall–Kier alpha value is -0.930. The van der Waals surface area contributed by atoms with Crippen LogP contribution < -0.4 is 0 Å². The Bertz CT molecular complexity index is 250. The molecule has 1 N–H and O–H groups in total. The molecule has 1 rings (SSSR count). The average Bonchev–Trinajstić information content (AvgIpc) is 2.05. The summed E-state index contributed by atoms with van der Waals surface area (Å²) in [4.78, 5) is 3.94. The van der Waals surface area contributed by atoms with Gasteiger partial charge in [-0.3, -0.25) is 4.98 Å². The Kier molecular flexibility index (Phi) is 3.19. The Labute approximate surface area is 72.0 Å². The van der Waals surface area contributed by atoms with E-state index in [9.17, 15) is 5.11 Å². The van der Waals surface area contributed by atoms with Crippen LogP contribution >= 0.6 is 0 Å². The number of aromatic nitrogens is 1. The van der Waals surface area contributed by atoms with E-state index in [-0.39, 0.29) is 0 Å². The molecule has 0 amide bonds. The van der Waals surface area contributed by atoms with Crippen molar-refractivity contribution in [3.05, 3.63) is 29.6 Å². The summed E-state index contributed by atoms with van der Waals surface area (Å²) < 4.78 is 4.84. The summed E-state index contributed by atoms with van der Waals surface area (Å²) in [5, 5.41) is 9.55. The minimum absolute atomic E-state index is 0.324. The molecule has 1 heterocycles. The normalized spacial score (nSPS) is 12.9. The van der Waals surface area contributed by atoms with Gasteiger partial charge in [-0.05, 0) is 24.1 Å². The molecule has 0 aliphatic heterocycles. The van der Waals surface area contributed by atoms with Crippen LogP contribution in [0.25, 0.3) is 0 Å². The molecule has 3 heteroatoms. The summed E-state index contributed by atoms with van der Waals surface area (Å²) in [7, 11) is 1.57. The number of hydrogen-bond acceptors (Lipinski definition) is 3. The van der Waals surface area contributed by atoms with Crippen molar-refractivity contribution in [3.63, 3.8) is 0 Å². The van der Waals surface area contributed by atoms with Crippen LogP contribution in [0.15, 0.2) is 18.5 Å². The third-order valence-electron chi connectivity index (χ3n) is 1.75. The quantitative estimate of drug-likeness (QED) is 0.732. The van der Waals surface area contributed by atoms with E-state index in [1.54, 1.807) is 25.6 Å². The Morgan fingerprint density at radius 1 is 1.67 bits per heavy atom. The Morgan fingerprint density at radius 3 is 3.00 bits per heavy atom. The number of rotatable bonds is 3. The van der Waals surface area contributed by atoms with Crippen LogP contribution in [0, 0.1) is 6.92 Å². The number of aliphatic hydroxyl groups excluding tert-OH is 1. The predicted octanol–water partition coefficient (Wildman–Crippen LogP) is 1.07. The van der Waals surface area contributed by atoms with Gasteiger partial charge in [0.2, 0.25) is 0 Å². The van der Waals surface area contributed by atoms with Gasteiger partial charge in [0.05, 0.1) is 6.61 Å². The summed E-state index contributed by atoms with van der Waals surface area (Å²) in [6.45, 7) is 2.24. The van der Waals surface area contributed by atoms with E-state index in [0.29, 0.717) is 6.61 Å². The first kappa shape index (κ1) is 9.16. The van der Waals surface area contributed by atoms with Gasteiger partial charge >= 0.3 is 0 Å². The zero-order chi connectivity index (χ0) is 8.97. The molecule has 0 saturated carbocycles. The molecule has 0 radical (unpaired) electrons. The van der Waals surface area contributed by atoms with Gasteiger partial charge in [-0.2, -0.15) is 0 Å². The van der Waals surface area contributed by atoms with Crippen molar-refractivity contribution in [1.29, 1.82) is 0 Å². The molecule has 1 aromatic heterocycles. The molecule has 0 spiro atoms. The van der Waals surface area contributed by atoms with Crippen LogP contribution in [0.1, 0.15) is 17.2 Å². The SMILES string of the molecule is COCC(O)c1ccncc1C. The number of aliphatic hydroxyl groups is 1. The van der Waals surface area contributed by atoms with Crippen molar-refractivity contribution in [2.45, 2.75) is 13.0 Å². The van der Waals surface area contributed by atoms with E-state index in [1.165, 1.54) is 0 Å². The van der Waals surface area contributed by atoms with Crippen LogP contribution in [0.3, 0.4) is 0 Å². The smallest absolute Gasteiger partial charge is 0.103 e. The van der Waals surface area contributed by atoms with E-state index in [1.807, 2.05) is 6.92 Å². The first-order chi connectivity index (χ1) is 5.75. The molecule has 1 atom stereocenters. The van der Waals surface area contributed by atoms with Crippen molar-refractivity contribution in [1.82, 2.24) is 4.98 Å². The first-order valence-corrected chi connectivity index (χ1v) is 3.83. The second-order valence-electron chi connectivity index (χ2n) is 2.70. The van der Waals surface area contributed by atoms with E-state index in [4.69, 9.17) is 4.74 Å². The molecule has 0 aliphatic carbocycles. The molecule has 1 unspecified atom stereocenters. The molecule has 0 bridgehead atoms. The fourth-order valence-corrected chi connectivity index (χ4v) is 1.11. The van der Waals surface area contributed by atoms with Crippen LogP contribution in [0.2, 0.25) is 0 Å². The first-order valence-electron chi connectivity index (χ1n) is 3.83. The predicted molar refractivity (Wildman–Crippen MR) is 45.8 cm³/mol. The van der Waals surface area contributed by atoms with E-state index >= 15 is 0 Å². The maximum Gasteiger partial charge on any atom is 0.103 e. The number of methoxy groups -OCH3 is 1. The average molecular weight is 167 g/mol. The standard InChI is InChI=1S/C9H13NO2/c1-7-5-10-4-3-8(7)9(11)6-12-2/h3-5,9,11H,6H2,1-2H3. The van der Waals surface area contributed by atoms with Crippen LogP contribution in [-0.4, -0.2) is 23.8 Å². The lowest BCUT2D eigenvalue weighted by Crippen LogP contribution is -2.06. The van der Waals surface area contributed by atoms with Gasteiger partial charge < -0.3 is 9.84 Å². The fourth-order valence-electron chi connectivity index (χ4n) is 1.11. The van der Waals surface area contributed by atoms with Gasteiger partial charge in [-0.15, -0.1) is 0 Å².